The van der Waals surface area contributed by atoms with Gasteiger partial charge in [0.25, 0.3) is 0 Å². The number of hydrogen-bond donors (Lipinski definition) is 1. The summed E-state index contributed by atoms with van der Waals surface area (Å²) in [6, 6.07) is 4.84. The van der Waals surface area contributed by atoms with E-state index in [9.17, 15) is 40.3 Å². The van der Waals surface area contributed by atoms with Gasteiger partial charge in [0, 0.05) is 17.2 Å². The fourth-order valence-electron chi connectivity index (χ4n) is 3.15. The molecule has 152 valence electrons. The van der Waals surface area contributed by atoms with Gasteiger partial charge in [-0.05, 0) is 0 Å². The van der Waals surface area contributed by atoms with Crippen molar-refractivity contribution in [1.82, 2.24) is 0 Å². The number of ketones is 2. The zero-order valence-electron chi connectivity index (χ0n) is 14.3. The van der Waals surface area contributed by atoms with E-state index in [4.69, 9.17) is 0 Å². The van der Waals surface area contributed by atoms with E-state index >= 15 is 0 Å². The Hall–Kier alpha value is -3.69. The maximum atomic E-state index is 15.0. The standard InChI is InChI=1S/C20H6F7NO2/c21-8-5-9(22)13(24)17(12(8)23)28-18-15(26)11-10(14(25)16(18)27)19(29)6-3-1-2-4-7(6)20(11)30/h1-5,28H. The van der Waals surface area contributed by atoms with E-state index in [1.54, 1.807) is 0 Å². The summed E-state index contributed by atoms with van der Waals surface area (Å²) >= 11 is 0. The van der Waals surface area contributed by atoms with Crippen molar-refractivity contribution in [2.24, 2.45) is 0 Å². The lowest BCUT2D eigenvalue weighted by Gasteiger charge is -2.21. The van der Waals surface area contributed by atoms with E-state index in [1.807, 2.05) is 0 Å². The highest BCUT2D eigenvalue weighted by Crippen LogP contribution is 2.38. The molecule has 0 atom stereocenters. The second-order valence-electron chi connectivity index (χ2n) is 6.24. The van der Waals surface area contributed by atoms with E-state index in [2.05, 4.69) is 0 Å². The van der Waals surface area contributed by atoms with Crippen LogP contribution in [-0.4, -0.2) is 11.6 Å². The molecule has 10 heteroatoms. The molecular weight excluding hydrogens is 419 g/mol. The van der Waals surface area contributed by atoms with Gasteiger partial charge in [0.05, 0.1) is 11.1 Å². The molecule has 0 unspecified atom stereocenters. The molecule has 1 aliphatic carbocycles. The summed E-state index contributed by atoms with van der Waals surface area (Å²) in [7, 11) is 0. The summed E-state index contributed by atoms with van der Waals surface area (Å²) in [6.45, 7) is 0. The summed E-state index contributed by atoms with van der Waals surface area (Å²) in [5.41, 5.74) is -6.24. The summed E-state index contributed by atoms with van der Waals surface area (Å²) < 4.78 is 98.6. The van der Waals surface area contributed by atoms with E-state index in [1.165, 1.54) is 17.4 Å². The molecule has 1 aliphatic rings. The van der Waals surface area contributed by atoms with Crippen LogP contribution in [0.5, 0.6) is 0 Å². The predicted octanol–water partition coefficient (Wildman–Crippen LogP) is 5.18. The van der Waals surface area contributed by atoms with Crippen molar-refractivity contribution in [3.8, 4) is 0 Å². The van der Waals surface area contributed by atoms with Crippen molar-refractivity contribution >= 4 is 22.9 Å². The van der Waals surface area contributed by atoms with Gasteiger partial charge in [-0.15, -0.1) is 0 Å². The average molecular weight is 425 g/mol. The van der Waals surface area contributed by atoms with Crippen LogP contribution in [-0.2, 0) is 0 Å². The molecule has 1 N–H and O–H groups in total. The first-order chi connectivity index (χ1) is 14.1. The highest BCUT2D eigenvalue weighted by Gasteiger charge is 2.39. The lowest BCUT2D eigenvalue weighted by atomic mass is 9.83. The maximum absolute atomic E-state index is 15.0. The molecule has 0 radical (unpaired) electrons. The molecule has 0 aliphatic heterocycles. The van der Waals surface area contributed by atoms with Crippen LogP contribution < -0.4 is 5.32 Å². The van der Waals surface area contributed by atoms with Crippen LogP contribution >= 0.6 is 0 Å². The molecule has 0 saturated heterocycles. The molecule has 0 bridgehead atoms. The van der Waals surface area contributed by atoms with Crippen molar-refractivity contribution in [2.75, 3.05) is 5.32 Å². The van der Waals surface area contributed by atoms with Gasteiger partial charge in [0.15, 0.2) is 52.3 Å². The fourth-order valence-corrected chi connectivity index (χ4v) is 3.15. The van der Waals surface area contributed by atoms with E-state index in [0.29, 0.717) is 0 Å². The molecule has 0 amide bonds. The number of anilines is 2. The van der Waals surface area contributed by atoms with Gasteiger partial charge in [-0.3, -0.25) is 9.59 Å². The molecule has 0 fully saturated rings. The molecule has 4 rings (SSSR count). The Morgan fingerprint density at radius 3 is 1.50 bits per heavy atom. The van der Waals surface area contributed by atoms with Crippen molar-refractivity contribution < 1.29 is 40.3 Å². The van der Waals surface area contributed by atoms with Crippen LogP contribution in [0.3, 0.4) is 0 Å². The number of benzene rings is 3. The third-order valence-electron chi connectivity index (χ3n) is 4.55. The second-order valence-corrected chi connectivity index (χ2v) is 6.24. The Bertz CT molecular complexity index is 1260. The first kappa shape index (κ1) is 19.6. The topological polar surface area (TPSA) is 46.2 Å². The normalized spacial score (nSPS) is 12.6. The summed E-state index contributed by atoms with van der Waals surface area (Å²) in [6.07, 6.45) is 0. The molecule has 30 heavy (non-hydrogen) atoms. The predicted molar refractivity (Wildman–Crippen MR) is 89.2 cm³/mol. The van der Waals surface area contributed by atoms with Gasteiger partial charge in [-0.1, -0.05) is 24.3 Å². The zero-order valence-corrected chi connectivity index (χ0v) is 14.3. The molecule has 3 aromatic rings. The van der Waals surface area contributed by atoms with Crippen LogP contribution in [0.25, 0.3) is 0 Å². The van der Waals surface area contributed by atoms with Crippen molar-refractivity contribution in [2.45, 2.75) is 0 Å². The maximum Gasteiger partial charge on any atom is 0.197 e. The van der Waals surface area contributed by atoms with E-state index < -0.39 is 74.8 Å². The molecule has 0 spiro atoms. The number of carbonyl (C=O) groups excluding carboxylic acids is 2. The summed E-state index contributed by atoms with van der Waals surface area (Å²) in [4.78, 5) is 25.1. The zero-order chi connectivity index (χ0) is 21.9. The van der Waals surface area contributed by atoms with E-state index in [0.717, 1.165) is 12.1 Å². The molecule has 0 heterocycles. The minimum absolute atomic E-state index is 0.144. The third-order valence-corrected chi connectivity index (χ3v) is 4.55. The molecule has 0 aromatic heterocycles. The fraction of sp³-hybridized carbons (Fsp3) is 0. The van der Waals surface area contributed by atoms with Gasteiger partial charge in [-0.2, -0.15) is 0 Å². The summed E-state index contributed by atoms with van der Waals surface area (Å²) in [5, 5.41) is 1.43. The monoisotopic (exact) mass is 425 g/mol. The molecule has 3 aromatic carbocycles. The number of rotatable bonds is 2. The molecule has 0 saturated carbocycles. The molecule has 3 nitrogen and oxygen atoms in total. The quantitative estimate of drug-likeness (QED) is 0.356. The van der Waals surface area contributed by atoms with Crippen molar-refractivity contribution in [3.63, 3.8) is 0 Å². The van der Waals surface area contributed by atoms with Crippen molar-refractivity contribution in [3.05, 3.63) is 93.3 Å². The summed E-state index contributed by atoms with van der Waals surface area (Å²) in [5.74, 6) is -16.2. The number of halogens is 7. The lowest BCUT2D eigenvalue weighted by molar-refractivity contribution is 0.0971. The first-order valence-electron chi connectivity index (χ1n) is 8.14. The largest absolute Gasteiger partial charge is 0.346 e. The van der Waals surface area contributed by atoms with Gasteiger partial charge < -0.3 is 5.32 Å². The SMILES string of the molecule is O=C1c2ccccc2C(=O)c2c(F)c(Nc3c(F)c(F)cc(F)c3F)c(F)c(F)c21. The van der Waals surface area contributed by atoms with Crippen LogP contribution in [0.2, 0.25) is 0 Å². The van der Waals surface area contributed by atoms with Crippen LogP contribution in [0.1, 0.15) is 31.8 Å². The average Bonchev–Trinajstić information content (AvgIpc) is 2.72. The highest BCUT2D eigenvalue weighted by atomic mass is 19.2. The Morgan fingerprint density at radius 1 is 0.567 bits per heavy atom. The Balaban J connectivity index is 1.97. The molecular formula is C20H6F7NO2. The van der Waals surface area contributed by atoms with Crippen LogP contribution in [0.15, 0.2) is 30.3 Å². The number of carbonyl (C=O) groups is 2. The Labute approximate surface area is 162 Å². The third kappa shape index (κ3) is 2.60. The lowest BCUT2D eigenvalue weighted by Crippen LogP contribution is -2.25. The van der Waals surface area contributed by atoms with Gasteiger partial charge in [0.2, 0.25) is 0 Å². The van der Waals surface area contributed by atoms with Crippen LogP contribution in [0, 0.1) is 40.7 Å². The van der Waals surface area contributed by atoms with Gasteiger partial charge >= 0.3 is 0 Å². The Kier molecular flexibility index (Phi) is 4.37. The minimum atomic E-state index is -2.12. The first-order valence-corrected chi connectivity index (χ1v) is 8.14. The van der Waals surface area contributed by atoms with Gasteiger partial charge in [0.1, 0.15) is 11.4 Å². The van der Waals surface area contributed by atoms with Gasteiger partial charge in [-0.25, -0.2) is 30.7 Å². The highest BCUT2D eigenvalue weighted by molar-refractivity contribution is 6.28. The van der Waals surface area contributed by atoms with Crippen molar-refractivity contribution in [1.29, 1.82) is 0 Å². The number of nitrogens with one attached hydrogen (secondary N) is 1. The second kappa shape index (κ2) is 6.68. The number of hydrogen-bond acceptors (Lipinski definition) is 3. The minimum Gasteiger partial charge on any atom is -0.346 e. The van der Waals surface area contributed by atoms with E-state index in [-0.39, 0.29) is 17.2 Å². The van der Waals surface area contributed by atoms with Crippen LogP contribution in [0.4, 0.5) is 42.1 Å². The Morgan fingerprint density at radius 2 is 1.00 bits per heavy atom. The smallest absolute Gasteiger partial charge is 0.197 e. The number of fused-ring (bicyclic) bond motifs is 2.